The van der Waals surface area contributed by atoms with Crippen molar-refractivity contribution < 1.29 is 14.2 Å². The van der Waals surface area contributed by atoms with Crippen molar-refractivity contribution in [3.8, 4) is 5.75 Å². The van der Waals surface area contributed by atoms with Gasteiger partial charge < -0.3 is 19.2 Å². The van der Waals surface area contributed by atoms with Crippen LogP contribution in [0.4, 0.5) is 0 Å². The molecular weight excluding hydrogens is 346 g/mol. The van der Waals surface area contributed by atoms with Gasteiger partial charge in [-0.25, -0.2) is 14.6 Å². The number of ether oxygens (including phenoxy) is 3. The maximum atomic E-state index is 5.86. The molecule has 0 spiro atoms. The van der Waals surface area contributed by atoms with Gasteiger partial charge in [-0.15, -0.1) is 0 Å². The lowest BCUT2D eigenvalue weighted by Crippen LogP contribution is -2.25. The van der Waals surface area contributed by atoms with E-state index in [9.17, 15) is 0 Å². The highest BCUT2D eigenvalue weighted by Crippen LogP contribution is 2.23. The largest absolute Gasteiger partial charge is 0.496 e. The highest BCUT2D eigenvalue weighted by atomic mass is 16.6. The Morgan fingerprint density at radius 2 is 2.22 bits per heavy atom. The fourth-order valence-electron chi connectivity index (χ4n) is 3.18. The zero-order chi connectivity index (χ0) is 18.5. The van der Waals surface area contributed by atoms with Crippen LogP contribution >= 0.6 is 0 Å². The molecule has 1 aliphatic rings. The summed E-state index contributed by atoms with van der Waals surface area (Å²) in [4.78, 5) is 12.0. The zero-order valence-electron chi connectivity index (χ0n) is 15.3. The van der Waals surface area contributed by atoms with Crippen LogP contribution in [0.15, 0.2) is 36.8 Å². The predicted molar refractivity (Wildman–Crippen MR) is 97.6 cm³/mol. The van der Waals surface area contributed by atoms with Gasteiger partial charge in [-0.05, 0) is 6.07 Å². The van der Waals surface area contributed by atoms with E-state index in [1.165, 1.54) is 0 Å². The number of imidazole rings is 1. The molecule has 1 atom stereocenters. The lowest BCUT2D eigenvalue weighted by molar-refractivity contribution is -0.0950. The van der Waals surface area contributed by atoms with Crippen LogP contribution in [0, 0.1) is 0 Å². The van der Waals surface area contributed by atoms with E-state index in [1.54, 1.807) is 13.4 Å². The van der Waals surface area contributed by atoms with E-state index >= 15 is 0 Å². The molecule has 0 aliphatic carbocycles. The number of hydrogen-bond donors (Lipinski definition) is 1. The molecule has 8 nitrogen and oxygen atoms in total. The third kappa shape index (κ3) is 4.17. The number of nitrogens with one attached hydrogen (secondary N) is 1. The maximum absolute atomic E-state index is 5.86. The zero-order valence-corrected chi connectivity index (χ0v) is 15.3. The number of rotatable bonds is 7. The molecule has 0 saturated carbocycles. The first kappa shape index (κ1) is 17.7. The van der Waals surface area contributed by atoms with Gasteiger partial charge >= 0.3 is 0 Å². The first-order valence-corrected chi connectivity index (χ1v) is 9.05. The standard InChI is InChI=1S/C19H23N5O3/c1-25-16-5-3-2-4-14(16)10-18-22-19(17-12-26-8-9-27-17)24(23-18)7-6-15-11-20-13-21-15/h2-5,11,13,17H,6-10,12H2,1H3,(H,20,21). The minimum atomic E-state index is -0.195. The van der Waals surface area contributed by atoms with Crippen LogP contribution in [-0.4, -0.2) is 51.7 Å². The molecule has 4 rings (SSSR count). The minimum absolute atomic E-state index is 0.195. The summed E-state index contributed by atoms with van der Waals surface area (Å²) in [6, 6.07) is 7.93. The normalized spacial score (nSPS) is 17.1. The van der Waals surface area contributed by atoms with Gasteiger partial charge in [0.1, 0.15) is 11.9 Å². The summed E-state index contributed by atoms with van der Waals surface area (Å²) >= 11 is 0. The first-order valence-electron chi connectivity index (χ1n) is 9.05. The lowest BCUT2D eigenvalue weighted by atomic mass is 10.1. The van der Waals surface area contributed by atoms with Crippen LogP contribution in [-0.2, 0) is 28.9 Å². The topological polar surface area (TPSA) is 87.1 Å². The molecule has 8 heteroatoms. The molecule has 27 heavy (non-hydrogen) atoms. The molecule has 2 aromatic heterocycles. The van der Waals surface area contributed by atoms with Gasteiger partial charge in [0.15, 0.2) is 11.6 Å². The van der Waals surface area contributed by atoms with Gasteiger partial charge in [0, 0.05) is 36.8 Å². The van der Waals surface area contributed by atoms with Gasteiger partial charge in [-0.3, -0.25) is 0 Å². The fraction of sp³-hybridized carbons (Fsp3) is 0.421. The van der Waals surface area contributed by atoms with Crippen LogP contribution in [0.3, 0.4) is 0 Å². The number of nitrogens with zero attached hydrogens (tertiary/aromatic N) is 4. The Bertz CT molecular complexity index is 856. The number of benzene rings is 1. The molecule has 0 bridgehead atoms. The van der Waals surface area contributed by atoms with E-state index in [1.807, 2.05) is 35.1 Å². The summed E-state index contributed by atoms with van der Waals surface area (Å²) in [5, 5.41) is 4.74. The molecule has 142 valence electrons. The maximum Gasteiger partial charge on any atom is 0.158 e. The van der Waals surface area contributed by atoms with Crippen molar-refractivity contribution in [1.82, 2.24) is 24.7 Å². The van der Waals surface area contributed by atoms with E-state index in [4.69, 9.17) is 24.3 Å². The molecule has 3 aromatic rings. The van der Waals surface area contributed by atoms with E-state index in [0.717, 1.165) is 35.1 Å². The molecular formula is C19H23N5O3. The highest BCUT2D eigenvalue weighted by molar-refractivity contribution is 5.35. The molecule has 1 unspecified atom stereocenters. The molecule has 3 heterocycles. The Labute approximate surface area is 157 Å². The molecule has 1 aromatic carbocycles. The van der Waals surface area contributed by atoms with Gasteiger partial charge in [0.05, 0.1) is 33.3 Å². The Balaban J connectivity index is 1.58. The van der Waals surface area contributed by atoms with Crippen molar-refractivity contribution in [3.05, 3.63) is 59.7 Å². The Hall–Kier alpha value is -2.71. The molecule has 1 N–H and O–H groups in total. The van der Waals surface area contributed by atoms with Crippen molar-refractivity contribution in [2.45, 2.75) is 25.5 Å². The van der Waals surface area contributed by atoms with Crippen molar-refractivity contribution in [1.29, 1.82) is 0 Å². The number of aryl methyl sites for hydroxylation is 2. The molecule has 0 radical (unpaired) electrons. The van der Waals surface area contributed by atoms with Gasteiger partial charge in [-0.2, -0.15) is 5.10 Å². The summed E-state index contributed by atoms with van der Waals surface area (Å²) in [6.45, 7) is 2.37. The summed E-state index contributed by atoms with van der Waals surface area (Å²) < 4.78 is 18.8. The Morgan fingerprint density at radius 1 is 1.30 bits per heavy atom. The Morgan fingerprint density at radius 3 is 3.00 bits per heavy atom. The third-order valence-corrected chi connectivity index (χ3v) is 4.54. The van der Waals surface area contributed by atoms with Gasteiger partial charge in [-0.1, -0.05) is 18.2 Å². The smallest absolute Gasteiger partial charge is 0.158 e. The minimum Gasteiger partial charge on any atom is -0.496 e. The van der Waals surface area contributed by atoms with Crippen molar-refractivity contribution in [2.24, 2.45) is 0 Å². The van der Waals surface area contributed by atoms with E-state index in [2.05, 4.69) is 9.97 Å². The Kier molecular flexibility index (Phi) is 5.45. The van der Waals surface area contributed by atoms with Gasteiger partial charge in [0.2, 0.25) is 0 Å². The van der Waals surface area contributed by atoms with Crippen molar-refractivity contribution in [2.75, 3.05) is 26.9 Å². The predicted octanol–water partition coefficient (Wildman–Crippen LogP) is 1.93. The molecule has 1 aliphatic heterocycles. The summed E-state index contributed by atoms with van der Waals surface area (Å²) in [6.07, 6.45) is 4.70. The summed E-state index contributed by atoms with van der Waals surface area (Å²) in [5.74, 6) is 2.39. The quantitative estimate of drug-likeness (QED) is 0.685. The van der Waals surface area contributed by atoms with Crippen molar-refractivity contribution >= 4 is 0 Å². The SMILES string of the molecule is COc1ccccc1Cc1nc(C2COCCO2)n(CCc2cnc[nH]2)n1. The van der Waals surface area contributed by atoms with Crippen LogP contribution in [0.2, 0.25) is 0 Å². The molecule has 1 fully saturated rings. The van der Waals surface area contributed by atoms with Crippen molar-refractivity contribution in [3.63, 3.8) is 0 Å². The van der Waals surface area contributed by atoms with E-state index in [0.29, 0.717) is 32.8 Å². The number of H-pyrrole nitrogens is 1. The number of methoxy groups -OCH3 is 1. The van der Waals surface area contributed by atoms with E-state index in [-0.39, 0.29) is 6.10 Å². The molecule has 1 saturated heterocycles. The number of aromatic amines is 1. The third-order valence-electron chi connectivity index (χ3n) is 4.54. The first-order chi connectivity index (χ1) is 13.3. The second kappa shape index (κ2) is 8.32. The fourth-order valence-corrected chi connectivity index (χ4v) is 3.18. The monoisotopic (exact) mass is 369 g/mol. The summed E-state index contributed by atoms with van der Waals surface area (Å²) in [7, 11) is 1.67. The van der Waals surface area contributed by atoms with Crippen LogP contribution < -0.4 is 4.74 Å². The highest BCUT2D eigenvalue weighted by Gasteiger charge is 2.24. The molecule has 0 amide bonds. The number of para-hydroxylation sites is 1. The summed E-state index contributed by atoms with van der Waals surface area (Å²) in [5.41, 5.74) is 2.11. The second-order valence-electron chi connectivity index (χ2n) is 6.36. The average Bonchev–Trinajstić information content (AvgIpc) is 3.37. The van der Waals surface area contributed by atoms with Gasteiger partial charge in [0.25, 0.3) is 0 Å². The van der Waals surface area contributed by atoms with Crippen LogP contribution in [0.25, 0.3) is 0 Å². The lowest BCUT2D eigenvalue weighted by Gasteiger charge is -2.22. The second-order valence-corrected chi connectivity index (χ2v) is 6.36. The number of hydrogen-bond acceptors (Lipinski definition) is 6. The average molecular weight is 369 g/mol. The van der Waals surface area contributed by atoms with E-state index < -0.39 is 0 Å². The van der Waals surface area contributed by atoms with Crippen LogP contribution in [0.1, 0.15) is 29.0 Å². The number of aromatic nitrogens is 5. The van der Waals surface area contributed by atoms with Crippen LogP contribution in [0.5, 0.6) is 5.75 Å².